The lowest BCUT2D eigenvalue weighted by Crippen LogP contribution is -2.56. The SMILES string of the molecule is O=C(NCC[C@H]1[C@@H](Nc2nccc(N3CCCCCC3)n2)CCCN1C1CCCCC1)C1CCNCC1. The van der Waals surface area contributed by atoms with E-state index in [2.05, 4.69) is 36.8 Å². The van der Waals surface area contributed by atoms with Gasteiger partial charge in [-0.1, -0.05) is 32.1 Å². The van der Waals surface area contributed by atoms with Gasteiger partial charge in [0.15, 0.2) is 0 Å². The molecule has 206 valence electrons. The first-order chi connectivity index (χ1) is 18.3. The molecule has 3 N–H and O–H groups in total. The lowest BCUT2D eigenvalue weighted by molar-refractivity contribution is -0.125. The summed E-state index contributed by atoms with van der Waals surface area (Å²) < 4.78 is 0. The smallest absolute Gasteiger partial charge is 0.224 e. The van der Waals surface area contributed by atoms with Gasteiger partial charge in [-0.2, -0.15) is 4.98 Å². The number of amides is 1. The van der Waals surface area contributed by atoms with Crippen LogP contribution in [0.3, 0.4) is 0 Å². The Kier molecular flexibility index (Phi) is 9.91. The maximum Gasteiger partial charge on any atom is 0.224 e. The molecule has 0 unspecified atom stereocenters. The Bertz CT molecular complexity index is 831. The van der Waals surface area contributed by atoms with Crippen molar-refractivity contribution in [2.75, 3.05) is 49.5 Å². The van der Waals surface area contributed by atoms with Crippen molar-refractivity contribution in [3.05, 3.63) is 12.3 Å². The molecule has 0 aromatic carbocycles. The van der Waals surface area contributed by atoms with Gasteiger partial charge in [0.05, 0.1) is 0 Å². The van der Waals surface area contributed by atoms with Crippen LogP contribution < -0.4 is 20.9 Å². The molecule has 4 fully saturated rings. The molecule has 37 heavy (non-hydrogen) atoms. The van der Waals surface area contributed by atoms with Crippen molar-refractivity contribution in [1.29, 1.82) is 0 Å². The molecule has 2 atom stereocenters. The molecule has 1 aromatic rings. The van der Waals surface area contributed by atoms with Gasteiger partial charge in [-0.25, -0.2) is 4.98 Å². The van der Waals surface area contributed by atoms with Gasteiger partial charge in [-0.15, -0.1) is 0 Å². The van der Waals surface area contributed by atoms with Gasteiger partial charge < -0.3 is 20.9 Å². The minimum Gasteiger partial charge on any atom is -0.356 e. The number of carbonyl (C=O) groups is 1. The highest BCUT2D eigenvalue weighted by molar-refractivity contribution is 5.78. The Balaban J connectivity index is 1.25. The van der Waals surface area contributed by atoms with Gasteiger partial charge in [0, 0.05) is 49.9 Å². The Labute approximate surface area is 223 Å². The van der Waals surface area contributed by atoms with Crippen LogP contribution in [0.15, 0.2) is 12.3 Å². The zero-order valence-corrected chi connectivity index (χ0v) is 22.8. The molecule has 0 bridgehead atoms. The fourth-order valence-electron chi connectivity index (χ4n) is 7.12. The number of hydrogen-bond acceptors (Lipinski definition) is 7. The molecular weight excluding hydrogens is 462 g/mol. The molecule has 8 heteroatoms. The van der Waals surface area contributed by atoms with E-state index in [0.29, 0.717) is 18.1 Å². The molecule has 1 aromatic heterocycles. The largest absolute Gasteiger partial charge is 0.356 e. The van der Waals surface area contributed by atoms with Crippen LogP contribution in [0.4, 0.5) is 11.8 Å². The average Bonchev–Trinajstić information content (AvgIpc) is 3.25. The zero-order chi connectivity index (χ0) is 25.3. The fourth-order valence-corrected chi connectivity index (χ4v) is 7.12. The van der Waals surface area contributed by atoms with Crippen molar-refractivity contribution < 1.29 is 4.79 Å². The summed E-state index contributed by atoms with van der Waals surface area (Å²) in [6, 6.07) is 3.45. The van der Waals surface area contributed by atoms with Crippen molar-refractivity contribution in [2.24, 2.45) is 5.92 Å². The summed E-state index contributed by atoms with van der Waals surface area (Å²) >= 11 is 0. The zero-order valence-electron chi connectivity index (χ0n) is 22.8. The predicted molar refractivity (Wildman–Crippen MR) is 150 cm³/mol. The number of nitrogens with one attached hydrogen (secondary N) is 3. The van der Waals surface area contributed by atoms with Gasteiger partial charge in [-0.3, -0.25) is 9.69 Å². The summed E-state index contributed by atoms with van der Waals surface area (Å²) in [6.45, 7) is 6.02. The first kappa shape index (κ1) is 26.7. The molecule has 8 nitrogen and oxygen atoms in total. The van der Waals surface area contributed by atoms with E-state index in [1.54, 1.807) is 0 Å². The second kappa shape index (κ2) is 13.7. The van der Waals surface area contributed by atoms with Crippen LogP contribution in [-0.2, 0) is 4.79 Å². The molecule has 3 saturated heterocycles. The second-order valence-electron chi connectivity index (χ2n) is 11.7. The van der Waals surface area contributed by atoms with E-state index in [-0.39, 0.29) is 11.8 Å². The van der Waals surface area contributed by atoms with E-state index in [1.165, 1.54) is 70.8 Å². The summed E-state index contributed by atoms with van der Waals surface area (Å²) in [6.07, 6.45) is 19.0. The lowest BCUT2D eigenvalue weighted by Gasteiger charge is -2.47. The minimum atomic E-state index is 0.172. The van der Waals surface area contributed by atoms with E-state index >= 15 is 0 Å². The summed E-state index contributed by atoms with van der Waals surface area (Å²) in [5, 5.41) is 10.5. The summed E-state index contributed by atoms with van der Waals surface area (Å²) in [7, 11) is 0. The first-order valence-corrected chi connectivity index (χ1v) is 15.4. The molecule has 1 aliphatic carbocycles. The van der Waals surface area contributed by atoms with E-state index in [0.717, 1.165) is 70.2 Å². The van der Waals surface area contributed by atoms with Gasteiger partial charge >= 0.3 is 0 Å². The molecule has 4 aliphatic rings. The van der Waals surface area contributed by atoms with E-state index in [4.69, 9.17) is 4.98 Å². The van der Waals surface area contributed by atoms with Crippen LogP contribution in [0.5, 0.6) is 0 Å². The van der Waals surface area contributed by atoms with E-state index in [1.807, 2.05) is 6.20 Å². The average molecular weight is 512 g/mol. The van der Waals surface area contributed by atoms with E-state index in [9.17, 15) is 4.79 Å². The molecule has 4 heterocycles. The Morgan fingerprint density at radius 1 is 0.919 bits per heavy atom. The third-order valence-electron chi connectivity index (χ3n) is 9.20. The highest BCUT2D eigenvalue weighted by atomic mass is 16.1. The predicted octanol–water partition coefficient (Wildman–Crippen LogP) is 3.94. The van der Waals surface area contributed by atoms with Crippen molar-refractivity contribution in [1.82, 2.24) is 25.5 Å². The first-order valence-electron chi connectivity index (χ1n) is 15.4. The number of rotatable bonds is 8. The normalized spacial score (nSPS) is 27.0. The Hall–Kier alpha value is -1.93. The highest BCUT2D eigenvalue weighted by Gasteiger charge is 2.36. The standard InChI is InChI=1S/C29H49N7O/c37-28(23-12-16-30-17-13-23)31-18-14-26-25(11-8-22-36(26)24-9-4-3-5-10-24)33-29-32-19-15-27(34-29)35-20-6-1-2-7-21-35/h15,19,23-26,30H,1-14,16-18,20-22H2,(H,31,37)(H,32,33,34)/t25-,26-/m0/s1. The molecular formula is C29H49N7O. The monoisotopic (exact) mass is 511 g/mol. The summed E-state index contributed by atoms with van der Waals surface area (Å²) in [4.78, 5) is 27.7. The lowest BCUT2D eigenvalue weighted by atomic mass is 9.87. The van der Waals surface area contributed by atoms with Crippen LogP contribution in [-0.4, -0.2) is 78.2 Å². The van der Waals surface area contributed by atoms with Crippen LogP contribution in [0.2, 0.25) is 0 Å². The number of aromatic nitrogens is 2. The van der Waals surface area contributed by atoms with Gasteiger partial charge in [0.1, 0.15) is 5.82 Å². The number of nitrogens with zero attached hydrogens (tertiary/aromatic N) is 4. The summed E-state index contributed by atoms with van der Waals surface area (Å²) in [5.41, 5.74) is 0. The van der Waals surface area contributed by atoms with Crippen molar-refractivity contribution in [2.45, 2.75) is 108 Å². The Morgan fingerprint density at radius 3 is 2.46 bits per heavy atom. The van der Waals surface area contributed by atoms with Crippen LogP contribution >= 0.6 is 0 Å². The molecule has 1 amide bonds. The molecule has 1 saturated carbocycles. The third kappa shape index (κ3) is 7.34. The van der Waals surface area contributed by atoms with E-state index < -0.39 is 0 Å². The number of piperidine rings is 2. The number of hydrogen-bond donors (Lipinski definition) is 3. The van der Waals surface area contributed by atoms with Crippen LogP contribution in [0.25, 0.3) is 0 Å². The van der Waals surface area contributed by atoms with Crippen molar-refractivity contribution >= 4 is 17.7 Å². The van der Waals surface area contributed by atoms with Gasteiger partial charge in [0.2, 0.25) is 11.9 Å². The number of likely N-dealkylation sites (tertiary alicyclic amines) is 1. The highest BCUT2D eigenvalue weighted by Crippen LogP contribution is 2.31. The fraction of sp³-hybridized carbons (Fsp3) is 0.828. The van der Waals surface area contributed by atoms with Crippen molar-refractivity contribution in [3.63, 3.8) is 0 Å². The third-order valence-corrected chi connectivity index (χ3v) is 9.20. The molecule has 0 spiro atoms. The molecule has 0 radical (unpaired) electrons. The molecule has 5 rings (SSSR count). The van der Waals surface area contributed by atoms with Gasteiger partial charge in [0.25, 0.3) is 0 Å². The quantitative estimate of drug-likeness (QED) is 0.487. The van der Waals surface area contributed by atoms with Crippen LogP contribution in [0, 0.1) is 5.92 Å². The maximum atomic E-state index is 12.8. The number of carbonyl (C=O) groups excluding carboxylic acids is 1. The van der Waals surface area contributed by atoms with Crippen molar-refractivity contribution in [3.8, 4) is 0 Å². The second-order valence-corrected chi connectivity index (χ2v) is 11.7. The Morgan fingerprint density at radius 2 is 1.68 bits per heavy atom. The maximum absolute atomic E-state index is 12.8. The van der Waals surface area contributed by atoms with Gasteiger partial charge in [-0.05, 0) is 83.5 Å². The summed E-state index contributed by atoms with van der Waals surface area (Å²) in [5.74, 6) is 2.25. The molecule has 3 aliphatic heterocycles. The van der Waals surface area contributed by atoms with Crippen LogP contribution in [0.1, 0.15) is 89.9 Å². The topological polar surface area (TPSA) is 85.4 Å². The number of anilines is 2. The minimum absolute atomic E-state index is 0.172.